The fourth-order valence-corrected chi connectivity index (χ4v) is 3.93. The molecule has 0 spiro atoms. The second kappa shape index (κ2) is 14.5. The van der Waals surface area contributed by atoms with Crippen LogP contribution in [-0.4, -0.2) is 29.3 Å². The van der Waals surface area contributed by atoms with E-state index in [9.17, 15) is 0 Å². The molecule has 0 N–H and O–H groups in total. The summed E-state index contributed by atoms with van der Waals surface area (Å²) in [5.74, 6) is 1.45. The Kier molecular flexibility index (Phi) is 11.1. The van der Waals surface area contributed by atoms with Gasteiger partial charge in [0.1, 0.15) is 0 Å². The van der Waals surface area contributed by atoms with Gasteiger partial charge in [0.2, 0.25) is 0 Å². The second-order valence-electron chi connectivity index (χ2n) is 9.02. The molecular weight excluding hydrogens is 420 g/mol. The van der Waals surface area contributed by atoms with Crippen LogP contribution in [0.3, 0.4) is 0 Å². The van der Waals surface area contributed by atoms with E-state index in [2.05, 4.69) is 79.3 Å². The molecule has 1 aromatic heterocycles. The summed E-state index contributed by atoms with van der Waals surface area (Å²) in [5.41, 5.74) is 4.71. The number of nitrogens with zero attached hydrogens (tertiary/aromatic N) is 2. The molecule has 0 fully saturated rings. The molecule has 3 aromatic rings. The maximum atomic E-state index is 5.94. The molecule has 1 unspecified atom stereocenters. The summed E-state index contributed by atoms with van der Waals surface area (Å²) >= 11 is 0. The molecule has 0 aliphatic heterocycles. The Balaban J connectivity index is 1.51. The largest absolute Gasteiger partial charge is 0.490 e. The fourth-order valence-electron chi connectivity index (χ4n) is 3.93. The third-order valence-corrected chi connectivity index (χ3v) is 6.00. The van der Waals surface area contributed by atoms with Crippen molar-refractivity contribution in [2.45, 2.75) is 78.2 Å². The Hall–Kier alpha value is -2.72. The molecule has 1 atom stereocenters. The molecule has 182 valence electrons. The Morgan fingerprint density at radius 2 is 1.24 bits per heavy atom. The van der Waals surface area contributed by atoms with Gasteiger partial charge < -0.3 is 9.47 Å². The van der Waals surface area contributed by atoms with E-state index in [1.807, 2.05) is 0 Å². The predicted octanol–water partition coefficient (Wildman–Crippen LogP) is 7.91. The van der Waals surface area contributed by atoms with E-state index in [1.54, 1.807) is 12.4 Å². The molecule has 3 rings (SSSR count). The first-order valence-corrected chi connectivity index (χ1v) is 13.0. The minimum absolute atomic E-state index is 0.250. The van der Waals surface area contributed by atoms with E-state index in [1.165, 1.54) is 48.8 Å². The number of aromatic nitrogens is 2. The van der Waals surface area contributed by atoms with Crippen LogP contribution in [0.15, 0.2) is 60.9 Å². The topological polar surface area (TPSA) is 44.2 Å². The van der Waals surface area contributed by atoms with Crippen molar-refractivity contribution >= 4 is 0 Å². The smallest absolute Gasteiger partial charge is 0.159 e. The monoisotopic (exact) mass is 460 g/mol. The van der Waals surface area contributed by atoms with E-state index in [0.717, 1.165) is 43.8 Å². The summed E-state index contributed by atoms with van der Waals surface area (Å²) in [5, 5.41) is 0. The van der Waals surface area contributed by atoms with Crippen molar-refractivity contribution in [3.63, 3.8) is 0 Å². The van der Waals surface area contributed by atoms with E-state index in [-0.39, 0.29) is 6.10 Å². The first kappa shape index (κ1) is 25.9. The van der Waals surface area contributed by atoms with E-state index in [0.29, 0.717) is 5.82 Å². The lowest BCUT2D eigenvalue weighted by Gasteiger charge is -2.13. The van der Waals surface area contributed by atoms with Crippen LogP contribution < -0.4 is 4.74 Å². The van der Waals surface area contributed by atoms with Crippen LogP contribution in [0.4, 0.5) is 0 Å². The van der Waals surface area contributed by atoms with Crippen LogP contribution in [0.1, 0.15) is 71.3 Å². The van der Waals surface area contributed by atoms with Crippen molar-refractivity contribution in [2.75, 3.05) is 13.2 Å². The van der Waals surface area contributed by atoms with Gasteiger partial charge in [0.15, 0.2) is 11.6 Å². The first-order chi connectivity index (χ1) is 16.7. The highest BCUT2D eigenvalue weighted by molar-refractivity contribution is 5.67. The summed E-state index contributed by atoms with van der Waals surface area (Å²) < 4.78 is 11.7. The van der Waals surface area contributed by atoms with Crippen LogP contribution in [0, 0.1) is 0 Å². The third-order valence-electron chi connectivity index (χ3n) is 6.00. The van der Waals surface area contributed by atoms with Crippen molar-refractivity contribution in [2.24, 2.45) is 0 Å². The second-order valence-corrected chi connectivity index (χ2v) is 9.02. The normalized spacial score (nSPS) is 12.0. The summed E-state index contributed by atoms with van der Waals surface area (Å²) in [6.07, 6.45) is 13.1. The van der Waals surface area contributed by atoms with Gasteiger partial charge in [-0.15, -0.1) is 0 Å². The van der Waals surface area contributed by atoms with Gasteiger partial charge in [-0.2, -0.15) is 0 Å². The third kappa shape index (κ3) is 8.57. The van der Waals surface area contributed by atoms with Crippen molar-refractivity contribution in [1.29, 1.82) is 0 Å². The Bertz CT molecular complexity index is 937. The average molecular weight is 461 g/mol. The Morgan fingerprint density at radius 1 is 0.676 bits per heavy atom. The van der Waals surface area contributed by atoms with Crippen LogP contribution >= 0.6 is 0 Å². The van der Waals surface area contributed by atoms with Crippen molar-refractivity contribution in [3.8, 4) is 28.3 Å². The fraction of sp³-hybridized carbons (Fsp3) is 0.467. The van der Waals surface area contributed by atoms with Gasteiger partial charge in [-0.1, -0.05) is 94.5 Å². The highest BCUT2D eigenvalue weighted by atomic mass is 16.5. The zero-order chi connectivity index (χ0) is 24.0. The van der Waals surface area contributed by atoms with E-state index < -0.39 is 0 Å². The summed E-state index contributed by atoms with van der Waals surface area (Å²) in [6, 6.07) is 17.2. The molecule has 1 heterocycles. The van der Waals surface area contributed by atoms with Gasteiger partial charge in [-0.3, -0.25) is 0 Å². The SMILES string of the molecule is CCCCCCOc1cnc(-c2ccc(-c3ccc(CC(C)OCCCCC)cc3)cc2)nc1. The van der Waals surface area contributed by atoms with Crippen molar-refractivity contribution < 1.29 is 9.47 Å². The lowest BCUT2D eigenvalue weighted by Crippen LogP contribution is -2.12. The molecule has 0 bridgehead atoms. The van der Waals surface area contributed by atoms with Gasteiger partial charge in [0, 0.05) is 12.2 Å². The van der Waals surface area contributed by atoms with Crippen LogP contribution in [0.5, 0.6) is 5.75 Å². The zero-order valence-corrected chi connectivity index (χ0v) is 21.1. The molecular formula is C30H40N2O2. The maximum absolute atomic E-state index is 5.94. The predicted molar refractivity (Wildman–Crippen MR) is 141 cm³/mol. The zero-order valence-electron chi connectivity index (χ0n) is 21.1. The van der Waals surface area contributed by atoms with Gasteiger partial charge in [-0.05, 0) is 42.9 Å². The highest BCUT2D eigenvalue weighted by Crippen LogP contribution is 2.24. The number of ether oxygens (including phenoxy) is 2. The molecule has 34 heavy (non-hydrogen) atoms. The number of hydrogen-bond acceptors (Lipinski definition) is 4. The number of rotatable bonds is 15. The Labute approximate surface area is 205 Å². The minimum Gasteiger partial charge on any atom is -0.490 e. The lowest BCUT2D eigenvalue weighted by atomic mass is 10.0. The number of unbranched alkanes of at least 4 members (excludes halogenated alkanes) is 5. The van der Waals surface area contributed by atoms with Gasteiger partial charge >= 0.3 is 0 Å². The van der Waals surface area contributed by atoms with Gasteiger partial charge in [0.25, 0.3) is 0 Å². The molecule has 0 aliphatic rings. The van der Waals surface area contributed by atoms with Crippen molar-refractivity contribution in [3.05, 3.63) is 66.5 Å². The first-order valence-electron chi connectivity index (χ1n) is 13.0. The lowest BCUT2D eigenvalue weighted by molar-refractivity contribution is 0.0637. The van der Waals surface area contributed by atoms with Crippen LogP contribution in [0.2, 0.25) is 0 Å². The van der Waals surface area contributed by atoms with Gasteiger partial charge in [-0.25, -0.2) is 9.97 Å². The van der Waals surface area contributed by atoms with Crippen LogP contribution in [-0.2, 0) is 11.2 Å². The minimum atomic E-state index is 0.250. The van der Waals surface area contributed by atoms with E-state index >= 15 is 0 Å². The van der Waals surface area contributed by atoms with Gasteiger partial charge in [0.05, 0.1) is 25.1 Å². The van der Waals surface area contributed by atoms with Crippen molar-refractivity contribution in [1.82, 2.24) is 9.97 Å². The molecule has 0 saturated carbocycles. The standard InChI is InChI=1S/C30H40N2O2/c1-4-6-8-10-20-34-29-22-31-30(32-23-29)28-17-15-27(16-18-28)26-13-11-25(12-14-26)21-24(3)33-19-9-7-5-2/h11-18,22-24H,4-10,19-21H2,1-3H3. The molecule has 0 aliphatic carbocycles. The maximum Gasteiger partial charge on any atom is 0.159 e. The van der Waals surface area contributed by atoms with Crippen LogP contribution in [0.25, 0.3) is 22.5 Å². The summed E-state index contributed by atoms with van der Waals surface area (Å²) in [7, 11) is 0. The molecule has 4 nitrogen and oxygen atoms in total. The number of hydrogen-bond donors (Lipinski definition) is 0. The molecule has 0 amide bonds. The molecule has 4 heteroatoms. The molecule has 0 saturated heterocycles. The highest BCUT2D eigenvalue weighted by Gasteiger charge is 2.06. The van der Waals surface area contributed by atoms with E-state index in [4.69, 9.17) is 9.47 Å². The quantitative estimate of drug-likeness (QED) is 0.216. The summed E-state index contributed by atoms with van der Waals surface area (Å²) in [4.78, 5) is 8.98. The number of benzene rings is 2. The molecule has 2 aromatic carbocycles. The molecule has 0 radical (unpaired) electrons. The average Bonchev–Trinajstić information content (AvgIpc) is 2.87. The summed E-state index contributed by atoms with van der Waals surface area (Å²) in [6.45, 7) is 8.17. The Morgan fingerprint density at radius 3 is 1.88 bits per heavy atom.